The van der Waals surface area contributed by atoms with E-state index in [0.29, 0.717) is 0 Å². The molecule has 0 fully saturated rings. The van der Waals surface area contributed by atoms with Crippen LogP contribution in [0.1, 0.15) is 12.8 Å². The van der Waals surface area contributed by atoms with Crippen LogP contribution < -0.4 is 0 Å². The van der Waals surface area contributed by atoms with Crippen molar-refractivity contribution in [1.82, 2.24) is 0 Å². The lowest BCUT2D eigenvalue weighted by atomic mass is 9.95. The quantitative estimate of drug-likeness (QED) is 0.254. The first-order valence-corrected chi connectivity index (χ1v) is 5.04. The minimum Gasteiger partial charge on any atom is -0.481 e. The first-order valence-electron chi connectivity index (χ1n) is 5.04. The molecule has 5 N–H and O–H groups in total. The van der Waals surface area contributed by atoms with Crippen molar-refractivity contribution in [2.75, 3.05) is 0 Å². The van der Waals surface area contributed by atoms with Crippen molar-refractivity contribution < 1.29 is 54.2 Å². The van der Waals surface area contributed by atoms with Crippen molar-refractivity contribution in [2.24, 2.45) is 0 Å². The Hall–Kier alpha value is -3.11. The van der Waals surface area contributed by atoms with Crippen LogP contribution in [0, 0.1) is 0 Å². The van der Waals surface area contributed by atoms with Crippen LogP contribution in [0.25, 0.3) is 0 Å². The number of aliphatic carboxylic acids is 5. The van der Waals surface area contributed by atoms with Gasteiger partial charge in [-0.2, -0.15) is 0 Å². The van der Waals surface area contributed by atoms with Crippen LogP contribution >= 0.6 is 0 Å². The topological polar surface area (TPSA) is 196 Å². The Morgan fingerprint density at radius 3 is 1.52 bits per heavy atom. The SMILES string of the molecule is O=C(O)/C=C(\OC(CC(=O)O)(CC(=O)O)C(=O)O)C(=O)O. The summed E-state index contributed by atoms with van der Waals surface area (Å²) in [6.07, 6.45) is -2.80. The smallest absolute Gasteiger partial charge is 0.371 e. The first-order chi connectivity index (χ1) is 9.50. The number of carbonyl (C=O) groups is 5. The summed E-state index contributed by atoms with van der Waals surface area (Å²) in [5.41, 5.74) is -2.96. The average Bonchev–Trinajstić information content (AvgIpc) is 2.24. The van der Waals surface area contributed by atoms with Crippen molar-refractivity contribution >= 4 is 29.8 Å². The molecule has 0 aromatic rings. The molecule has 11 heteroatoms. The number of carboxylic acids is 5. The van der Waals surface area contributed by atoms with Crippen LogP contribution in [0.4, 0.5) is 0 Å². The maximum atomic E-state index is 11.1. The molecule has 0 atom stereocenters. The highest BCUT2D eigenvalue weighted by Gasteiger charge is 2.47. The van der Waals surface area contributed by atoms with Crippen LogP contribution in [0.5, 0.6) is 0 Å². The molecule has 21 heavy (non-hydrogen) atoms. The monoisotopic (exact) mass is 306 g/mol. The van der Waals surface area contributed by atoms with E-state index >= 15 is 0 Å². The third kappa shape index (κ3) is 5.59. The second kappa shape index (κ2) is 6.88. The van der Waals surface area contributed by atoms with E-state index in [1.807, 2.05) is 0 Å². The van der Waals surface area contributed by atoms with Crippen LogP contribution in [0.2, 0.25) is 0 Å². The Labute approximate surface area is 115 Å². The summed E-state index contributed by atoms with van der Waals surface area (Å²) in [5, 5.41) is 43.3. The second-order valence-corrected chi connectivity index (χ2v) is 3.69. The average molecular weight is 306 g/mol. The van der Waals surface area contributed by atoms with E-state index in [2.05, 4.69) is 4.74 Å². The fraction of sp³-hybridized carbons (Fsp3) is 0.300. The first kappa shape index (κ1) is 17.9. The number of carboxylic acid groups (broad SMARTS) is 5. The molecular weight excluding hydrogens is 296 g/mol. The van der Waals surface area contributed by atoms with Gasteiger partial charge in [-0.1, -0.05) is 0 Å². The molecule has 0 unspecified atom stereocenters. The number of rotatable bonds is 9. The highest BCUT2D eigenvalue weighted by molar-refractivity contribution is 5.94. The number of hydrogen-bond donors (Lipinski definition) is 5. The van der Waals surface area contributed by atoms with E-state index in [9.17, 15) is 24.0 Å². The second-order valence-electron chi connectivity index (χ2n) is 3.69. The third-order valence-corrected chi connectivity index (χ3v) is 2.03. The van der Waals surface area contributed by atoms with Gasteiger partial charge in [0, 0.05) is 0 Å². The van der Waals surface area contributed by atoms with E-state index < -0.39 is 54.0 Å². The third-order valence-electron chi connectivity index (χ3n) is 2.03. The molecule has 0 radical (unpaired) electrons. The van der Waals surface area contributed by atoms with Crippen molar-refractivity contribution in [3.8, 4) is 0 Å². The maximum absolute atomic E-state index is 11.1. The summed E-state index contributed by atoms with van der Waals surface area (Å²) in [5.74, 6) is -10.8. The standard InChI is InChI=1S/C10H10O11/c11-5(12)1-4(8(17)18)21-10(9(19)20,2-6(13)14)3-7(15)16/h1H,2-3H2,(H,11,12)(H,13,14)(H,15,16)(H,17,18)(H,19,20)/b4-1-. The lowest BCUT2D eigenvalue weighted by Crippen LogP contribution is -2.46. The Morgan fingerprint density at radius 2 is 1.29 bits per heavy atom. The van der Waals surface area contributed by atoms with Gasteiger partial charge in [-0.15, -0.1) is 0 Å². The van der Waals surface area contributed by atoms with Crippen LogP contribution in [0.15, 0.2) is 11.8 Å². The van der Waals surface area contributed by atoms with Gasteiger partial charge in [0.1, 0.15) is 0 Å². The summed E-state index contributed by atoms with van der Waals surface area (Å²) in [4.78, 5) is 53.6. The van der Waals surface area contributed by atoms with Gasteiger partial charge >= 0.3 is 29.8 Å². The summed E-state index contributed by atoms with van der Waals surface area (Å²) in [6, 6.07) is 0. The number of hydrogen-bond acceptors (Lipinski definition) is 6. The molecule has 0 aromatic heterocycles. The molecule has 11 nitrogen and oxygen atoms in total. The largest absolute Gasteiger partial charge is 0.481 e. The lowest BCUT2D eigenvalue weighted by molar-refractivity contribution is -0.175. The summed E-state index contributed by atoms with van der Waals surface area (Å²) in [6.45, 7) is 0. The Balaban J connectivity index is 5.81. The molecule has 0 aliphatic heterocycles. The molecule has 0 saturated heterocycles. The van der Waals surface area contributed by atoms with Crippen LogP contribution in [-0.2, 0) is 28.7 Å². The van der Waals surface area contributed by atoms with Gasteiger partial charge < -0.3 is 30.3 Å². The molecular formula is C10H10O11. The normalized spacial score (nSPS) is 11.5. The van der Waals surface area contributed by atoms with Gasteiger partial charge in [0.2, 0.25) is 11.4 Å². The van der Waals surface area contributed by atoms with E-state index in [4.69, 9.17) is 25.5 Å². The van der Waals surface area contributed by atoms with Gasteiger partial charge in [-0.05, 0) is 0 Å². The Kier molecular flexibility index (Phi) is 5.86. The summed E-state index contributed by atoms with van der Waals surface area (Å²) >= 11 is 0. The number of ether oxygens (including phenoxy) is 1. The van der Waals surface area contributed by atoms with Gasteiger partial charge in [0.05, 0.1) is 18.9 Å². The summed E-state index contributed by atoms with van der Waals surface area (Å²) in [7, 11) is 0. The maximum Gasteiger partial charge on any atom is 0.371 e. The molecule has 0 saturated carbocycles. The molecule has 0 amide bonds. The minimum absolute atomic E-state index is 0.0241. The van der Waals surface area contributed by atoms with Crippen molar-refractivity contribution in [3.05, 3.63) is 11.8 Å². The van der Waals surface area contributed by atoms with Crippen LogP contribution in [0.3, 0.4) is 0 Å². The fourth-order valence-electron chi connectivity index (χ4n) is 1.28. The Bertz CT molecular complexity index is 499. The Morgan fingerprint density at radius 1 is 0.857 bits per heavy atom. The predicted octanol–water partition coefficient (Wildman–Crippen LogP) is -1.17. The molecule has 0 aliphatic carbocycles. The van der Waals surface area contributed by atoms with Crippen molar-refractivity contribution in [2.45, 2.75) is 18.4 Å². The van der Waals surface area contributed by atoms with Gasteiger partial charge in [-0.25, -0.2) is 14.4 Å². The molecule has 0 aliphatic rings. The van der Waals surface area contributed by atoms with Gasteiger partial charge in [0.25, 0.3) is 0 Å². The molecule has 0 spiro atoms. The minimum atomic E-state index is -2.96. The molecule has 0 bridgehead atoms. The zero-order valence-corrected chi connectivity index (χ0v) is 10.2. The molecule has 116 valence electrons. The zero-order chi connectivity index (χ0) is 16.8. The van der Waals surface area contributed by atoms with E-state index in [0.717, 1.165) is 0 Å². The fourth-order valence-corrected chi connectivity index (χ4v) is 1.28. The lowest BCUT2D eigenvalue weighted by Gasteiger charge is -2.27. The van der Waals surface area contributed by atoms with Crippen LogP contribution in [-0.4, -0.2) is 61.0 Å². The zero-order valence-electron chi connectivity index (χ0n) is 10.2. The van der Waals surface area contributed by atoms with Gasteiger partial charge in [-0.3, -0.25) is 9.59 Å². The molecule has 0 heterocycles. The van der Waals surface area contributed by atoms with Crippen molar-refractivity contribution in [3.63, 3.8) is 0 Å². The van der Waals surface area contributed by atoms with E-state index in [-0.39, 0.29) is 6.08 Å². The summed E-state index contributed by atoms with van der Waals surface area (Å²) < 4.78 is 4.41. The van der Waals surface area contributed by atoms with Gasteiger partial charge in [0.15, 0.2) is 0 Å². The predicted molar refractivity (Wildman–Crippen MR) is 59.3 cm³/mol. The van der Waals surface area contributed by atoms with Crippen molar-refractivity contribution in [1.29, 1.82) is 0 Å². The molecule has 0 aromatic carbocycles. The van der Waals surface area contributed by atoms with E-state index in [1.54, 1.807) is 0 Å². The highest BCUT2D eigenvalue weighted by atomic mass is 16.6. The highest BCUT2D eigenvalue weighted by Crippen LogP contribution is 2.25. The van der Waals surface area contributed by atoms with E-state index in [1.165, 1.54) is 0 Å². The molecule has 0 rings (SSSR count).